The molecule has 0 bridgehead atoms. The van der Waals surface area contributed by atoms with E-state index in [1.54, 1.807) is 6.08 Å². The second-order valence-electron chi connectivity index (χ2n) is 6.17. The Balaban J connectivity index is 1.83. The summed E-state index contributed by atoms with van der Waals surface area (Å²) in [7, 11) is 0. The van der Waals surface area contributed by atoms with Crippen molar-refractivity contribution in [2.45, 2.75) is 32.7 Å². The van der Waals surface area contributed by atoms with E-state index < -0.39 is 5.97 Å². The van der Waals surface area contributed by atoms with E-state index in [0.29, 0.717) is 0 Å². The van der Waals surface area contributed by atoms with E-state index in [9.17, 15) is 9.59 Å². The van der Waals surface area contributed by atoms with Crippen molar-refractivity contribution in [3.05, 3.63) is 77.4 Å². The summed E-state index contributed by atoms with van der Waals surface area (Å²) in [6.07, 6.45) is 4.78. The molecular formula is C22H25NO3. The molecule has 0 spiro atoms. The van der Waals surface area contributed by atoms with Crippen molar-refractivity contribution in [1.82, 2.24) is 5.32 Å². The van der Waals surface area contributed by atoms with Crippen LogP contribution in [0.3, 0.4) is 0 Å². The smallest absolute Gasteiger partial charge is 0.331 e. The van der Waals surface area contributed by atoms with Crippen molar-refractivity contribution in [2.75, 3.05) is 6.61 Å². The molecule has 0 radical (unpaired) electrons. The Morgan fingerprint density at radius 2 is 1.77 bits per heavy atom. The Bertz CT molecular complexity index is 736. The molecular weight excluding hydrogens is 326 g/mol. The Morgan fingerprint density at radius 3 is 2.42 bits per heavy atom. The number of carbonyl (C=O) groups excluding carboxylic acids is 2. The van der Waals surface area contributed by atoms with Gasteiger partial charge in [-0.1, -0.05) is 73.5 Å². The van der Waals surface area contributed by atoms with Crippen LogP contribution in [-0.4, -0.2) is 18.5 Å². The van der Waals surface area contributed by atoms with Crippen molar-refractivity contribution < 1.29 is 14.3 Å². The summed E-state index contributed by atoms with van der Waals surface area (Å²) >= 11 is 0. The maximum absolute atomic E-state index is 12.1. The number of ether oxygens (including phenoxy) is 1. The first-order valence-electron chi connectivity index (χ1n) is 8.84. The Hall–Kier alpha value is -2.88. The van der Waals surface area contributed by atoms with Gasteiger partial charge in [0, 0.05) is 6.08 Å². The third kappa shape index (κ3) is 6.55. The van der Waals surface area contributed by atoms with E-state index in [4.69, 9.17) is 4.74 Å². The first-order chi connectivity index (χ1) is 12.6. The van der Waals surface area contributed by atoms with Gasteiger partial charge in [-0.25, -0.2) is 4.79 Å². The van der Waals surface area contributed by atoms with E-state index in [1.165, 1.54) is 6.08 Å². The van der Waals surface area contributed by atoms with E-state index in [-0.39, 0.29) is 18.6 Å². The average Bonchev–Trinajstić information content (AvgIpc) is 2.66. The van der Waals surface area contributed by atoms with Crippen LogP contribution in [0, 0.1) is 6.92 Å². The quantitative estimate of drug-likeness (QED) is 0.572. The van der Waals surface area contributed by atoms with Gasteiger partial charge in [-0.15, -0.1) is 0 Å². The van der Waals surface area contributed by atoms with Crippen LogP contribution >= 0.6 is 0 Å². The zero-order valence-electron chi connectivity index (χ0n) is 15.3. The maximum Gasteiger partial charge on any atom is 0.331 e. The molecule has 0 unspecified atom stereocenters. The highest BCUT2D eigenvalue weighted by molar-refractivity contribution is 5.89. The highest BCUT2D eigenvalue weighted by atomic mass is 16.5. The van der Waals surface area contributed by atoms with Crippen LogP contribution in [0.2, 0.25) is 0 Å². The maximum atomic E-state index is 12.1. The molecule has 2 aromatic carbocycles. The van der Waals surface area contributed by atoms with Gasteiger partial charge in [0.25, 0.3) is 5.91 Å². The van der Waals surface area contributed by atoms with E-state index in [0.717, 1.165) is 29.5 Å². The Labute approximate surface area is 154 Å². The van der Waals surface area contributed by atoms with Gasteiger partial charge in [-0.2, -0.15) is 0 Å². The molecule has 0 aliphatic carbocycles. The molecule has 0 heterocycles. The van der Waals surface area contributed by atoms with Crippen molar-refractivity contribution in [1.29, 1.82) is 0 Å². The van der Waals surface area contributed by atoms with Crippen molar-refractivity contribution in [3.63, 3.8) is 0 Å². The summed E-state index contributed by atoms with van der Waals surface area (Å²) in [5.41, 5.74) is 3.11. The van der Waals surface area contributed by atoms with Gasteiger partial charge in [0.15, 0.2) is 6.61 Å². The molecule has 2 aromatic rings. The lowest BCUT2D eigenvalue weighted by Gasteiger charge is -2.18. The molecule has 0 aromatic heterocycles. The third-order valence-corrected chi connectivity index (χ3v) is 3.95. The predicted octanol–water partition coefficient (Wildman–Crippen LogP) is 4.21. The van der Waals surface area contributed by atoms with Crippen molar-refractivity contribution >= 4 is 18.0 Å². The molecule has 4 nitrogen and oxygen atoms in total. The summed E-state index contributed by atoms with van der Waals surface area (Å²) in [6, 6.07) is 17.5. The number of rotatable bonds is 8. The van der Waals surface area contributed by atoms with Gasteiger partial charge < -0.3 is 10.1 Å². The SMILES string of the molecule is CCC[C@@H](NC(=O)COC(=O)/C=C/c1ccc(C)cc1)c1ccccc1. The lowest BCUT2D eigenvalue weighted by atomic mass is 10.0. The van der Waals surface area contributed by atoms with Gasteiger partial charge >= 0.3 is 5.97 Å². The molecule has 0 fully saturated rings. The van der Waals surface area contributed by atoms with E-state index >= 15 is 0 Å². The number of hydrogen-bond acceptors (Lipinski definition) is 3. The summed E-state index contributed by atoms with van der Waals surface area (Å²) in [6.45, 7) is 3.78. The molecule has 0 aliphatic rings. The Morgan fingerprint density at radius 1 is 1.08 bits per heavy atom. The van der Waals surface area contributed by atoms with Gasteiger partial charge in [0.2, 0.25) is 0 Å². The van der Waals surface area contributed by atoms with Crippen molar-refractivity contribution in [2.24, 2.45) is 0 Å². The second kappa shape index (κ2) is 10.2. The summed E-state index contributed by atoms with van der Waals surface area (Å²) in [4.78, 5) is 23.9. The molecule has 1 amide bonds. The standard InChI is InChI=1S/C22H25NO3/c1-3-7-20(19-8-5-4-6-9-19)23-21(24)16-26-22(25)15-14-18-12-10-17(2)11-13-18/h4-6,8-15,20H,3,7,16H2,1-2H3,(H,23,24)/b15-14+/t20-/m1/s1. The van der Waals surface area contributed by atoms with E-state index in [1.807, 2.05) is 61.5 Å². The lowest BCUT2D eigenvalue weighted by molar-refractivity contribution is -0.144. The van der Waals surface area contributed by atoms with Crippen LogP contribution in [0.4, 0.5) is 0 Å². The van der Waals surface area contributed by atoms with Crippen LogP contribution < -0.4 is 5.32 Å². The minimum absolute atomic E-state index is 0.0736. The van der Waals surface area contributed by atoms with Gasteiger partial charge in [0.1, 0.15) is 0 Å². The van der Waals surface area contributed by atoms with Gasteiger partial charge in [0.05, 0.1) is 6.04 Å². The Kier molecular flexibility index (Phi) is 7.62. The van der Waals surface area contributed by atoms with Crippen LogP contribution in [0.5, 0.6) is 0 Å². The monoisotopic (exact) mass is 351 g/mol. The van der Waals surface area contributed by atoms with Crippen LogP contribution in [0.1, 0.15) is 42.5 Å². The molecule has 0 aliphatic heterocycles. The molecule has 2 rings (SSSR count). The number of carbonyl (C=O) groups is 2. The zero-order valence-corrected chi connectivity index (χ0v) is 15.3. The first kappa shape index (κ1) is 19.4. The lowest BCUT2D eigenvalue weighted by Crippen LogP contribution is -2.32. The fraction of sp³-hybridized carbons (Fsp3) is 0.273. The second-order valence-corrected chi connectivity index (χ2v) is 6.17. The van der Waals surface area contributed by atoms with E-state index in [2.05, 4.69) is 12.2 Å². The number of hydrogen-bond donors (Lipinski definition) is 1. The number of amides is 1. The van der Waals surface area contributed by atoms with Crippen molar-refractivity contribution in [3.8, 4) is 0 Å². The largest absolute Gasteiger partial charge is 0.452 e. The fourth-order valence-corrected chi connectivity index (χ4v) is 2.56. The first-order valence-corrected chi connectivity index (χ1v) is 8.84. The molecule has 0 saturated heterocycles. The van der Waals surface area contributed by atoms with Gasteiger partial charge in [-0.3, -0.25) is 4.79 Å². The molecule has 1 atom stereocenters. The highest BCUT2D eigenvalue weighted by Crippen LogP contribution is 2.17. The van der Waals surface area contributed by atoms with Crippen LogP contribution in [0.25, 0.3) is 6.08 Å². The fourth-order valence-electron chi connectivity index (χ4n) is 2.56. The zero-order chi connectivity index (χ0) is 18.8. The summed E-state index contributed by atoms with van der Waals surface area (Å²) in [5.74, 6) is -0.836. The topological polar surface area (TPSA) is 55.4 Å². The third-order valence-electron chi connectivity index (χ3n) is 3.95. The van der Waals surface area contributed by atoms with Crippen LogP contribution in [0.15, 0.2) is 60.7 Å². The average molecular weight is 351 g/mol. The summed E-state index contributed by atoms with van der Waals surface area (Å²) in [5, 5.41) is 2.93. The molecule has 0 saturated carbocycles. The minimum atomic E-state index is -0.535. The number of nitrogens with one attached hydrogen (secondary N) is 1. The molecule has 4 heteroatoms. The summed E-state index contributed by atoms with van der Waals surface area (Å²) < 4.78 is 5.03. The number of aryl methyl sites for hydroxylation is 1. The molecule has 1 N–H and O–H groups in total. The molecule has 136 valence electrons. The highest BCUT2D eigenvalue weighted by Gasteiger charge is 2.14. The van der Waals surface area contributed by atoms with Gasteiger partial charge in [-0.05, 0) is 30.5 Å². The molecule has 26 heavy (non-hydrogen) atoms. The predicted molar refractivity (Wildman–Crippen MR) is 103 cm³/mol. The number of benzene rings is 2. The number of esters is 1. The van der Waals surface area contributed by atoms with Crippen LogP contribution in [-0.2, 0) is 14.3 Å². The minimum Gasteiger partial charge on any atom is -0.452 e. The normalized spacial score (nSPS) is 11.9.